The fourth-order valence-corrected chi connectivity index (χ4v) is 2.83. The highest BCUT2D eigenvalue weighted by molar-refractivity contribution is 5.87. The SMILES string of the molecule is C=C/C=C\c1ccc(N=Nc2c(C)[nH]n(-c3ccc(C(=O)O)cc3)c2=O)c(O)c1C. The van der Waals surface area contributed by atoms with Crippen molar-refractivity contribution < 1.29 is 15.0 Å². The number of carboxylic acids is 1. The van der Waals surface area contributed by atoms with Crippen molar-refractivity contribution in [3.8, 4) is 11.4 Å². The Bertz CT molecular complexity index is 1230. The van der Waals surface area contributed by atoms with E-state index < -0.39 is 11.5 Å². The maximum atomic E-state index is 12.7. The molecule has 0 bridgehead atoms. The zero-order valence-electron chi connectivity index (χ0n) is 16.5. The first-order valence-corrected chi connectivity index (χ1v) is 9.02. The van der Waals surface area contributed by atoms with Gasteiger partial charge in [-0.3, -0.25) is 9.89 Å². The molecule has 0 spiro atoms. The first-order valence-electron chi connectivity index (χ1n) is 9.02. The normalized spacial score (nSPS) is 11.4. The van der Waals surface area contributed by atoms with Gasteiger partial charge < -0.3 is 10.2 Å². The summed E-state index contributed by atoms with van der Waals surface area (Å²) in [6.45, 7) is 7.05. The number of aromatic carboxylic acids is 1. The van der Waals surface area contributed by atoms with Gasteiger partial charge in [0.2, 0.25) is 0 Å². The number of phenolic OH excluding ortho intramolecular Hbond substituents is 1. The molecule has 0 unspecified atom stereocenters. The average molecular weight is 404 g/mol. The summed E-state index contributed by atoms with van der Waals surface area (Å²) in [5.74, 6) is -1.07. The van der Waals surface area contributed by atoms with E-state index in [1.807, 2.05) is 6.08 Å². The van der Waals surface area contributed by atoms with E-state index in [1.54, 1.807) is 38.1 Å². The number of hydrogen-bond acceptors (Lipinski definition) is 5. The second-order valence-electron chi connectivity index (χ2n) is 6.52. The third kappa shape index (κ3) is 3.97. The second-order valence-corrected chi connectivity index (χ2v) is 6.52. The first-order chi connectivity index (χ1) is 14.3. The third-order valence-electron chi connectivity index (χ3n) is 4.53. The predicted octanol–water partition coefficient (Wildman–Crippen LogP) is 4.80. The van der Waals surface area contributed by atoms with Gasteiger partial charge in [0.25, 0.3) is 5.56 Å². The highest BCUT2D eigenvalue weighted by Gasteiger charge is 2.14. The molecular formula is C22H20N4O4. The molecule has 1 aromatic heterocycles. The largest absolute Gasteiger partial charge is 0.505 e. The molecule has 2 aromatic carbocycles. The van der Waals surface area contributed by atoms with Crippen molar-refractivity contribution in [1.82, 2.24) is 9.78 Å². The second kappa shape index (κ2) is 8.44. The molecule has 3 rings (SSSR count). The number of phenols is 1. The minimum absolute atomic E-state index is 0.0252. The van der Waals surface area contributed by atoms with Crippen molar-refractivity contribution in [1.29, 1.82) is 0 Å². The summed E-state index contributed by atoms with van der Waals surface area (Å²) in [5, 5.41) is 30.4. The van der Waals surface area contributed by atoms with Crippen LogP contribution in [-0.2, 0) is 0 Å². The Labute approximate surface area is 172 Å². The summed E-state index contributed by atoms with van der Waals surface area (Å²) in [5.41, 5.74) is 2.39. The van der Waals surface area contributed by atoms with Crippen LogP contribution >= 0.6 is 0 Å². The number of nitrogens with zero attached hydrogens (tertiary/aromatic N) is 3. The highest BCUT2D eigenvalue weighted by atomic mass is 16.4. The molecule has 3 aromatic rings. The molecule has 0 amide bonds. The monoisotopic (exact) mass is 404 g/mol. The summed E-state index contributed by atoms with van der Waals surface area (Å²) in [6.07, 6.45) is 5.21. The molecule has 0 fully saturated rings. The standard InChI is InChI=1S/C22H20N4O4/c1-4-5-6-15-9-12-18(20(27)13(15)2)23-24-19-14(3)25-26(21(19)28)17-10-7-16(8-11-17)22(29)30/h4-12,25,27H,1H2,2-3H3,(H,29,30)/b6-5-,24-23?. The Morgan fingerprint density at radius 3 is 2.47 bits per heavy atom. The van der Waals surface area contributed by atoms with E-state index in [0.29, 0.717) is 16.9 Å². The summed E-state index contributed by atoms with van der Waals surface area (Å²) in [7, 11) is 0. The zero-order valence-corrected chi connectivity index (χ0v) is 16.5. The molecule has 1 heterocycles. The van der Waals surface area contributed by atoms with Crippen molar-refractivity contribution in [2.24, 2.45) is 10.2 Å². The van der Waals surface area contributed by atoms with Crippen LogP contribution in [0.3, 0.4) is 0 Å². The average Bonchev–Trinajstić information content (AvgIpc) is 3.02. The van der Waals surface area contributed by atoms with E-state index in [4.69, 9.17) is 5.11 Å². The highest BCUT2D eigenvalue weighted by Crippen LogP contribution is 2.33. The smallest absolute Gasteiger partial charge is 0.335 e. The number of allylic oxidation sites excluding steroid dienone is 2. The Morgan fingerprint density at radius 1 is 1.13 bits per heavy atom. The van der Waals surface area contributed by atoms with E-state index >= 15 is 0 Å². The number of aryl methyl sites for hydroxylation is 1. The Kier molecular flexibility index (Phi) is 5.78. The van der Waals surface area contributed by atoms with E-state index in [2.05, 4.69) is 21.9 Å². The summed E-state index contributed by atoms with van der Waals surface area (Å²) in [6, 6.07) is 9.25. The minimum atomic E-state index is -1.05. The lowest BCUT2D eigenvalue weighted by molar-refractivity contribution is 0.0697. The van der Waals surface area contributed by atoms with Crippen LogP contribution in [0.15, 0.2) is 70.2 Å². The van der Waals surface area contributed by atoms with Crippen LogP contribution in [0.1, 0.15) is 27.2 Å². The van der Waals surface area contributed by atoms with E-state index in [9.17, 15) is 14.7 Å². The first kappa shape index (κ1) is 20.5. The number of azo groups is 1. The Hall–Kier alpha value is -4.20. The van der Waals surface area contributed by atoms with Crippen LogP contribution in [0.2, 0.25) is 0 Å². The van der Waals surface area contributed by atoms with Gasteiger partial charge in [0, 0.05) is 5.56 Å². The van der Waals surface area contributed by atoms with Gasteiger partial charge >= 0.3 is 5.97 Å². The number of aromatic hydroxyl groups is 1. The molecule has 8 heteroatoms. The van der Waals surface area contributed by atoms with Crippen molar-refractivity contribution in [3.63, 3.8) is 0 Å². The molecule has 0 saturated carbocycles. The van der Waals surface area contributed by atoms with E-state index in [0.717, 1.165) is 5.56 Å². The molecule has 0 aliphatic rings. The lowest BCUT2D eigenvalue weighted by Crippen LogP contribution is -2.14. The molecule has 0 radical (unpaired) electrons. The van der Waals surface area contributed by atoms with Gasteiger partial charge in [-0.15, -0.1) is 10.2 Å². The predicted molar refractivity (Wildman–Crippen MR) is 114 cm³/mol. The number of carboxylic acid groups (broad SMARTS) is 1. The van der Waals surface area contributed by atoms with E-state index in [-0.39, 0.29) is 22.7 Å². The maximum absolute atomic E-state index is 12.7. The third-order valence-corrected chi connectivity index (χ3v) is 4.53. The van der Waals surface area contributed by atoms with Crippen molar-refractivity contribution in [2.75, 3.05) is 0 Å². The number of nitrogens with one attached hydrogen (secondary N) is 1. The summed E-state index contributed by atoms with van der Waals surface area (Å²) in [4.78, 5) is 23.7. The molecule has 30 heavy (non-hydrogen) atoms. The molecule has 0 atom stereocenters. The summed E-state index contributed by atoms with van der Waals surface area (Å²) < 4.78 is 1.25. The van der Waals surface area contributed by atoms with Crippen molar-refractivity contribution in [2.45, 2.75) is 13.8 Å². The van der Waals surface area contributed by atoms with Gasteiger partial charge in [0.05, 0.1) is 16.9 Å². The topological polar surface area (TPSA) is 120 Å². The van der Waals surface area contributed by atoms with Crippen LogP contribution in [0, 0.1) is 13.8 Å². The lowest BCUT2D eigenvalue weighted by atomic mass is 10.1. The number of H-pyrrole nitrogens is 1. The number of benzene rings is 2. The minimum Gasteiger partial charge on any atom is -0.505 e. The van der Waals surface area contributed by atoms with Gasteiger partial charge in [-0.2, -0.15) is 0 Å². The Morgan fingerprint density at radius 2 is 1.83 bits per heavy atom. The number of aromatic nitrogens is 2. The number of rotatable bonds is 6. The quantitative estimate of drug-likeness (QED) is 0.404. The molecular weight excluding hydrogens is 384 g/mol. The van der Waals surface area contributed by atoms with Crippen molar-refractivity contribution >= 4 is 23.4 Å². The molecule has 152 valence electrons. The number of hydrogen-bond donors (Lipinski definition) is 3. The van der Waals surface area contributed by atoms with Crippen LogP contribution < -0.4 is 5.56 Å². The molecule has 3 N–H and O–H groups in total. The molecule has 8 nitrogen and oxygen atoms in total. The summed E-state index contributed by atoms with van der Waals surface area (Å²) >= 11 is 0. The fraction of sp³-hybridized carbons (Fsp3) is 0.0909. The molecule has 0 aliphatic carbocycles. The van der Waals surface area contributed by atoms with E-state index in [1.165, 1.54) is 28.9 Å². The Balaban J connectivity index is 1.95. The fourth-order valence-electron chi connectivity index (χ4n) is 2.83. The lowest BCUT2D eigenvalue weighted by Gasteiger charge is -2.05. The zero-order chi connectivity index (χ0) is 21.8. The van der Waals surface area contributed by atoms with Gasteiger partial charge in [-0.05, 0) is 49.7 Å². The van der Waals surface area contributed by atoms with Crippen LogP contribution in [0.5, 0.6) is 5.75 Å². The van der Waals surface area contributed by atoms with Gasteiger partial charge in [-0.1, -0.05) is 30.9 Å². The number of aromatic amines is 1. The van der Waals surface area contributed by atoms with Crippen molar-refractivity contribution in [3.05, 3.63) is 87.9 Å². The van der Waals surface area contributed by atoms with Gasteiger partial charge in [-0.25, -0.2) is 9.48 Å². The van der Waals surface area contributed by atoms with Crippen LogP contribution in [0.25, 0.3) is 11.8 Å². The van der Waals surface area contributed by atoms with Crippen LogP contribution in [0.4, 0.5) is 11.4 Å². The maximum Gasteiger partial charge on any atom is 0.335 e. The molecule has 0 saturated heterocycles. The molecule has 0 aliphatic heterocycles. The van der Waals surface area contributed by atoms with Gasteiger partial charge in [0.1, 0.15) is 11.4 Å². The number of carbonyl (C=O) groups is 1. The van der Waals surface area contributed by atoms with Crippen LogP contribution in [-0.4, -0.2) is 26.0 Å². The van der Waals surface area contributed by atoms with Gasteiger partial charge in [0.15, 0.2) is 5.69 Å².